The number of hydrogen-bond acceptors (Lipinski definition) is 4. The zero-order valence-electron chi connectivity index (χ0n) is 7.96. The largest absolute Gasteiger partial charge is 0.507 e. The molecule has 5 heteroatoms. The van der Waals surface area contributed by atoms with E-state index in [1.807, 2.05) is 6.08 Å². The number of non-ortho nitro benzene ring substituents is 1. The van der Waals surface area contributed by atoms with Crippen molar-refractivity contribution in [2.45, 2.75) is 6.42 Å². The maximum Gasteiger partial charge on any atom is 0.270 e. The minimum absolute atomic E-state index is 0.0293. The minimum Gasteiger partial charge on any atom is -0.507 e. The number of nitro groups is 1. The van der Waals surface area contributed by atoms with Crippen LogP contribution in [0.4, 0.5) is 5.69 Å². The average Bonchev–Trinajstić information content (AvgIpc) is 2.20. The number of allylic oxidation sites excluding steroid dienone is 1. The molecular formula is C10H11NO3S. The number of nitrogens with zero attached hydrogens (tertiary/aromatic N) is 1. The van der Waals surface area contributed by atoms with Crippen LogP contribution < -0.4 is 0 Å². The molecule has 0 heterocycles. The molecule has 80 valence electrons. The lowest BCUT2D eigenvalue weighted by molar-refractivity contribution is -0.384. The molecule has 0 fully saturated rings. The number of phenols is 1. The van der Waals surface area contributed by atoms with E-state index in [4.69, 9.17) is 0 Å². The fourth-order valence-electron chi connectivity index (χ4n) is 1.07. The van der Waals surface area contributed by atoms with Crippen LogP contribution in [-0.2, 0) is 0 Å². The highest BCUT2D eigenvalue weighted by molar-refractivity contribution is 7.80. The molecule has 0 aliphatic rings. The highest BCUT2D eigenvalue weighted by Crippen LogP contribution is 2.24. The zero-order chi connectivity index (χ0) is 11.3. The Bertz CT molecular complexity index is 390. The van der Waals surface area contributed by atoms with E-state index in [0.29, 0.717) is 11.3 Å². The lowest BCUT2D eigenvalue weighted by atomic mass is 10.1. The molecule has 0 aromatic heterocycles. The van der Waals surface area contributed by atoms with Gasteiger partial charge in [-0.3, -0.25) is 10.1 Å². The van der Waals surface area contributed by atoms with E-state index in [2.05, 4.69) is 12.6 Å². The quantitative estimate of drug-likeness (QED) is 0.470. The van der Waals surface area contributed by atoms with Gasteiger partial charge in [0.1, 0.15) is 5.75 Å². The van der Waals surface area contributed by atoms with Crippen molar-refractivity contribution in [1.29, 1.82) is 0 Å². The molecule has 1 aromatic carbocycles. The van der Waals surface area contributed by atoms with Gasteiger partial charge >= 0.3 is 0 Å². The second-order valence-corrected chi connectivity index (χ2v) is 3.36. The van der Waals surface area contributed by atoms with E-state index in [0.717, 1.165) is 6.42 Å². The van der Waals surface area contributed by atoms with E-state index in [9.17, 15) is 15.2 Å². The highest BCUT2D eigenvalue weighted by atomic mass is 32.1. The molecule has 15 heavy (non-hydrogen) atoms. The molecule has 0 bridgehead atoms. The molecule has 1 N–H and O–H groups in total. The van der Waals surface area contributed by atoms with Gasteiger partial charge in [0.05, 0.1) is 4.92 Å². The van der Waals surface area contributed by atoms with Crippen LogP contribution in [0.5, 0.6) is 5.75 Å². The first-order valence-electron chi connectivity index (χ1n) is 4.40. The summed E-state index contributed by atoms with van der Waals surface area (Å²) in [6.45, 7) is 0. The number of aromatic hydroxyl groups is 1. The first-order valence-corrected chi connectivity index (χ1v) is 5.03. The van der Waals surface area contributed by atoms with Crippen LogP contribution in [-0.4, -0.2) is 15.8 Å². The summed E-state index contributed by atoms with van der Waals surface area (Å²) >= 11 is 4.02. The van der Waals surface area contributed by atoms with Gasteiger partial charge in [-0.1, -0.05) is 12.2 Å². The Labute approximate surface area is 92.8 Å². The van der Waals surface area contributed by atoms with Crippen molar-refractivity contribution >= 4 is 24.4 Å². The summed E-state index contributed by atoms with van der Waals surface area (Å²) in [5.74, 6) is 0.739. The summed E-state index contributed by atoms with van der Waals surface area (Å²) in [7, 11) is 0. The molecule has 1 rings (SSSR count). The Hall–Kier alpha value is -1.49. The van der Waals surface area contributed by atoms with Crippen LogP contribution in [0.1, 0.15) is 12.0 Å². The van der Waals surface area contributed by atoms with Crippen LogP contribution in [0.3, 0.4) is 0 Å². The molecule has 4 nitrogen and oxygen atoms in total. The average molecular weight is 225 g/mol. The Morgan fingerprint density at radius 1 is 1.53 bits per heavy atom. The van der Waals surface area contributed by atoms with Gasteiger partial charge in [-0.15, -0.1) is 0 Å². The number of hydrogen-bond donors (Lipinski definition) is 2. The predicted molar refractivity (Wildman–Crippen MR) is 62.3 cm³/mol. The van der Waals surface area contributed by atoms with Gasteiger partial charge in [0.25, 0.3) is 5.69 Å². The van der Waals surface area contributed by atoms with Crippen LogP contribution >= 0.6 is 12.6 Å². The fourth-order valence-corrected chi connectivity index (χ4v) is 1.22. The summed E-state index contributed by atoms with van der Waals surface area (Å²) in [5.41, 5.74) is 0.421. The third-order valence-electron chi connectivity index (χ3n) is 1.82. The Morgan fingerprint density at radius 3 is 2.87 bits per heavy atom. The molecule has 1 aromatic rings. The molecule has 0 aliphatic heterocycles. The fraction of sp³-hybridized carbons (Fsp3) is 0.200. The van der Waals surface area contributed by atoms with Crippen LogP contribution in [0.2, 0.25) is 0 Å². The number of nitro benzene ring substituents is 1. The smallest absolute Gasteiger partial charge is 0.270 e. The van der Waals surface area contributed by atoms with Gasteiger partial charge < -0.3 is 5.11 Å². The molecule has 0 spiro atoms. The maximum absolute atomic E-state index is 10.5. The summed E-state index contributed by atoms with van der Waals surface area (Å²) in [4.78, 5) is 9.99. The summed E-state index contributed by atoms with van der Waals surface area (Å²) in [5, 5.41) is 19.9. The monoisotopic (exact) mass is 225 g/mol. The molecule has 0 atom stereocenters. The van der Waals surface area contributed by atoms with Gasteiger partial charge in [-0.2, -0.15) is 12.6 Å². The van der Waals surface area contributed by atoms with Crippen molar-refractivity contribution in [3.63, 3.8) is 0 Å². The lowest BCUT2D eigenvalue weighted by Crippen LogP contribution is -1.88. The van der Waals surface area contributed by atoms with Crippen molar-refractivity contribution in [1.82, 2.24) is 0 Å². The third-order valence-corrected chi connectivity index (χ3v) is 2.07. The standard InChI is InChI=1S/C10H11NO3S/c12-10-5-4-9(11(13)14)7-8(10)3-1-2-6-15/h1,3-5,7,12,15H,2,6H2. The Balaban J connectivity index is 2.95. The summed E-state index contributed by atoms with van der Waals surface area (Å²) in [6.07, 6.45) is 4.22. The molecule has 0 saturated carbocycles. The first kappa shape index (κ1) is 11.6. The number of phenolic OH excluding ortho intramolecular Hbond substituents is 1. The van der Waals surface area contributed by atoms with E-state index >= 15 is 0 Å². The van der Waals surface area contributed by atoms with Crippen molar-refractivity contribution < 1.29 is 10.0 Å². The normalized spacial score (nSPS) is 10.7. The molecule has 0 radical (unpaired) electrons. The van der Waals surface area contributed by atoms with Crippen LogP contribution in [0.15, 0.2) is 24.3 Å². The highest BCUT2D eigenvalue weighted by Gasteiger charge is 2.07. The molecule has 0 aliphatic carbocycles. The second-order valence-electron chi connectivity index (χ2n) is 2.91. The zero-order valence-corrected chi connectivity index (χ0v) is 8.85. The lowest BCUT2D eigenvalue weighted by Gasteiger charge is -1.98. The van der Waals surface area contributed by atoms with E-state index < -0.39 is 4.92 Å². The predicted octanol–water partition coefficient (Wildman–Crippen LogP) is 2.63. The minimum atomic E-state index is -0.491. The number of thiol groups is 1. The van der Waals surface area contributed by atoms with Gasteiger partial charge in [0.15, 0.2) is 0 Å². The molecular weight excluding hydrogens is 214 g/mol. The Kier molecular flexibility index (Phi) is 4.17. The van der Waals surface area contributed by atoms with Crippen molar-refractivity contribution in [3.8, 4) is 5.75 Å². The van der Waals surface area contributed by atoms with Gasteiger partial charge in [-0.05, 0) is 18.2 Å². The Morgan fingerprint density at radius 2 is 2.27 bits per heavy atom. The van der Waals surface area contributed by atoms with E-state index in [-0.39, 0.29) is 11.4 Å². The van der Waals surface area contributed by atoms with Crippen molar-refractivity contribution in [3.05, 3.63) is 40.0 Å². The van der Waals surface area contributed by atoms with Crippen molar-refractivity contribution in [2.24, 2.45) is 0 Å². The van der Waals surface area contributed by atoms with Gasteiger partial charge in [-0.25, -0.2) is 0 Å². The summed E-state index contributed by atoms with van der Waals surface area (Å²) in [6, 6.07) is 3.92. The third kappa shape index (κ3) is 3.28. The van der Waals surface area contributed by atoms with Gasteiger partial charge in [0.2, 0.25) is 0 Å². The van der Waals surface area contributed by atoms with Crippen molar-refractivity contribution in [2.75, 3.05) is 5.75 Å². The van der Waals surface area contributed by atoms with E-state index in [1.54, 1.807) is 6.08 Å². The van der Waals surface area contributed by atoms with Crippen LogP contribution in [0, 0.1) is 10.1 Å². The molecule has 0 unspecified atom stereocenters. The molecule has 0 saturated heterocycles. The summed E-state index contributed by atoms with van der Waals surface area (Å²) < 4.78 is 0. The maximum atomic E-state index is 10.5. The van der Waals surface area contributed by atoms with Crippen LogP contribution in [0.25, 0.3) is 6.08 Å². The SMILES string of the molecule is O=[N+]([O-])c1ccc(O)c(C=CCCS)c1. The van der Waals surface area contributed by atoms with E-state index in [1.165, 1.54) is 18.2 Å². The topological polar surface area (TPSA) is 63.4 Å². The molecule has 0 amide bonds. The van der Waals surface area contributed by atoms with Gasteiger partial charge in [0, 0.05) is 17.7 Å². The first-order chi connectivity index (χ1) is 7.15. The number of benzene rings is 1. The second kappa shape index (κ2) is 5.41. The number of rotatable bonds is 4.